The smallest absolute Gasteiger partial charge is 0.255 e. The van der Waals surface area contributed by atoms with E-state index in [9.17, 15) is 9.59 Å². The maximum atomic E-state index is 12.6. The van der Waals surface area contributed by atoms with Gasteiger partial charge in [-0.05, 0) is 60.4 Å². The van der Waals surface area contributed by atoms with Gasteiger partial charge in [-0.2, -0.15) is 5.26 Å². The van der Waals surface area contributed by atoms with E-state index < -0.39 is 0 Å². The van der Waals surface area contributed by atoms with Crippen molar-refractivity contribution in [3.05, 3.63) is 106 Å². The molecule has 0 aliphatic carbocycles. The Labute approximate surface area is 191 Å². The first-order valence-electron chi connectivity index (χ1n) is 10.6. The number of ether oxygens (including phenoxy) is 1. The number of nitrogens with zero attached hydrogens (tertiary/aromatic N) is 1. The van der Waals surface area contributed by atoms with Crippen LogP contribution >= 0.6 is 0 Å². The Bertz CT molecular complexity index is 1370. The molecule has 0 bridgehead atoms. The largest absolute Gasteiger partial charge is 0.494 e. The zero-order valence-electron chi connectivity index (χ0n) is 18.1. The summed E-state index contributed by atoms with van der Waals surface area (Å²) in [5.74, 6) is 0.730. The van der Waals surface area contributed by atoms with E-state index in [-0.39, 0.29) is 17.1 Å². The number of rotatable bonds is 7. The highest BCUT2D eigenvalue weighted by Gasteiger charge is 2.10. The van der Waals surface area contributed by atoms with Crippen molar-refractivity contribution in [2.24, 2.45) is 0 Å². The van der Waals surface area contributed by atoms with Crippen LogP contribution in [0.3, 0.4) is 0 Å². The number of carbonyl (C=O) groups is 1. The van der Waals surface area contributed by atoms with Gasteiger partial charge >= 0.3 is 0 Å². The number of amides is 1. The van der Waals surface area contributed by atoms with E-state index in [0.29, 0.717) is 40.5 Å². The van der Waals surface area contributed by atoms with Gasteiger partial charge < -0.3 is 14.5 Å². The summed E-state index contributed by atoms with van der Waals surface area (Å²) in [4.78, 5) is 24.8. The number of hydrogen-bond acceptors (Lipinski definition) is 5. The van der Waals surface area contributed by atoms with Crippen LogP contribution in [-0.4, -0.2) is 12.5 Å². The molecule has 6 heteroatoms. The van der Waals surface area contributed by atoms with Crippen LogP contribution in [0.25, 0.3) is 11.0 Å². The van der Waals surface area contributed by atoms with Crippen molar-refractivity contribution in [3.63, 3.8) is 0 Å². The van der Waals surface area contributed by atoms with Crippen LogP contribution in [0, 0.1) is 11.3 Å². The van der Waals surface area contributed by atoms with Crippen LogP contribution in [0.2, 0.25) is 0 Å². The van der Waals surface area contributed by atoms with Crippen molar-refractivity contribution in [3.8, 4) is 11.8 Å². The number of fused-ring (bicyclic) bond motifs is 1. The molecule has 6 nitrogen and oxygen atoms in total. The molecule has 1 heterocycles. The van der Waals surface area contributed by atoms with Gasteiger partial charge in [0.25, 0.3) is 5.91 Å². The van der Waals surface area contributed by atoms with Crippen molar-refractivity contribution >= 4 is 22.6 Å². The number of benzene rings is 3. The minimum atomic E-state index is -0.341. The third kappa shape index (κ3) is 5.28. The standard InChI is InChI=1S/C27H22N2O4/c1-18(19-5-3-2-4-6-19)13-14-32-22-10-7-20(8-11-22)27(31)29-21-9-12-26-24(15-21)25(30)16-23(17-28)33-26/h2-12,15-16,18H,13-14H2,1H3,(H,29,31). The van der Waals surface area contributed by atoms with E-state index >= 15 is 0 Å². The highest BCUT2D eigenvalue weighted by Crippen LogP contribution is 2.21. The van der Waals surface area contributed by atoms with E-state index in [4.69, 9.17) is 14.4 Å². The topological polar surface area (TPSA) is 92.3 Å². The van der Waals surface area contributed by atoms with Gasteiger partial charge in [-0.15, -0.1) is 0 Å². The molecule has 0 spiro atoms. The highest BCUT2D eigenvalue weighted by molar-refractivity contribution is 6.05. The highest BCUT2D eigenvalue weighted by atomic mass is 16.5. The van der Waals surface area contributed by atoms with Gasteiger partial charge in [-0.3, -0.25) is 9.59 Å². The normalized spacial score (nSPS) is 11.5. The lowest BCUT2D eigenvalue weighted by molar-refractivity contribution is 0.102. The molecule has 0 saturated heterocycles. The third-order valence-corrected chi connectivity index (χ3v) is 5.40. The molecule has 164 valence electrons. The van der Waals surface area contributed by atoms with Crippen molar-refractivity contribution in [2.45, 2.75) is 19.3 Å². The lowest BCUT2D eigenvalue weighted by atomic mass is 9.98. The Balaban J connectivity index is 1.36. The Hall–Kier alpha value is -4.37. The summed E-state index contributed by atoms with van der Waals surface area (Å²) in [5, 5.41) is 12.0. The first-order valence-corrected chi connectivity index (χ1v) is 10.6. The van der Waals surface area contributed by atoms with E-state index in [1.54, 1.807) is 36.4 Å². The molecule has 1 unspecified atom stereocenters. The average molecular weight is 438 g/mol. The average Bonchev–Trinajstić information content (AvgIpc) is 2.85. The maximum Gasteiger partial charge on any atom is 0.255 e. The number of anilines is 1. The Morgan fingerprint density at radius 1 is 1.06 bits per heavy atom. The fourth-order valence-corrected chi connectivity index (χ4v) is 3.50. The molecule has 1 atom stereocenters. The molecule has 1 N–H and O–H groups in total. The van der Waals surface area contributed by atoms with Gasteiger partial charge in [-0.1, -0.05) is 37.3 Å². The summed E-state index contributed by atoms with van der Waals surface area (Å²) in [7, 11) is 0. The van der Waals surface area contributed by atoms with Crippen LogP contribution in [-0.2, 0) is 0 Å². The minimum absolute atomic E-state index is 0.0545. The van der Waals surface area contributed by atoms with E-state index in [2.05, 4.69) is 24.4 Å². The second-order valence-corrected chi connectivity index (χ2v) is 7.73. The van der Waals surface area contributed by atoms with Crippen molar-refractivity contribution < 1.29 is 13.9 Å². The zero-order valence-corrected chi connectivity index (χ0v) is 18.1. The molecule has 4 aromatic rings. The molecule has 33 heavy (non-hydrogen) atoms. The lowest BCUT2D eigenvalue weighted by Crippen LogP contribution is -2.12. The molecule has 4 rings (SSSR count). The second kappa shape index (κ2) is 9.84. The molecular weight excluding hydrogens is 416 g/mol. The molecule has 1 amide bonds. The lowest BCUT2D eigenvalue weighted by Gasteiger charge is -2.13. The van der Waals surface area contributed by atoms with E-state index in [0.717, 1.165) is 12.5 Å². The van der Waals surface area contributed by atoms with Crippen LogP contribution in [0.5, 0.6) is 5.75 Å². The second-order valence-electron chi connectivity index (χ2n) is 7.73. The van der Waals surface area contributed by atoms with Crippen LogP contribution in [0.15, 0.2) is 88.1 Å². The van der Waals surface area contributed by atoms with Crippen LogP contribution in [0.4, 0.5) is 5.69 Å². The number of nitriles is 1. The van der Waals surface area contributed by atoms with Crippen molar-refractivity contribution in [1.82, 2.24) is 0 Å². The molecular formula is C27H22N2O4. The van der Waals surface area contributed by atoms with Crippen molar-refractivity contribution in [1.29, 1.82) is 5.26 Å². The number of nitrogens with one attached hydrogen (secondary N) is 1. The fourth-order valence-electron chi connectivity index (χ4n) is 3.50. The monoisotopic (exact) mass is 438 g/mol. The predicted molar refractivity (Wildman–Crippen MR) is 127 cm³/mol. The molecule has 3 aromatic carbocycles. The molecule has 0 radical (unpaired) electrons. The zero-order chi connectivity index (χ0) is 23.2. The van der Waals surface area contributed by atoms with Crippen LogP contribution < -0.4 is 15.5 Å². The number of hydrogen-bond donors (Lipinski definition) is 1. The summed E-state index contributed by atoms with van der Waals surface area (Å²) in [6, 6.07) is 24.9. The van der Waals surface area contributed by atoms with Gasteiger partial charge in [-0.25, -0.2) is 0 Å². The summed E-state index contributed by atoms with van der Waals surface area (Å²) in [6.45, 7) is 2.75. The minimum Gasteiger partial charge on any atom is -0.494 e. The molecule has 0 aliphatic rings. The van der Waals surface area contributed by atoms with Gasteiger partial charge in [0.15, 0.2) is 5.43 Å². The summed E-state index contributed by atoms with van der Waals surface area (Å²) in [5.41, 5.74) is 2.16. The van der Waals surface area contributed by atoms with E-state index in [1.165, 1.54) is 11.6 Å². The van der Waals surface area contributed by atoms with Crippen molar-refractivity contribution in [2.75, 3.05) is 11.9 Å². The summed E-state index contributed by atoms with van der Waals surface area (Å²) >= 11 is 0. The third-order valence-electron chi connectivity index (χ3n) is 5.40. The van der Waals surface area contributed by atoms with Gasteiger partial charge in [0.05, 0.1) is 12.0 Å². The Morgan fingerprint density at radius 3 is 2.55 bits per heavy atom. The molecule has 1 aromatic heterocycles. The van der Waals surface area contributed by atoms with Gasteiger partial charge in [0, 0.05) is 17.3 Å². The summed E-state index contributed by atoms with van der Waals surface area (Å²) < 4.78 is 11.2. The fraction of sp³-hybridized carbons (Fsp3) is 0.148. The molecule has 0 fully saturated rings. The van der Waals surface area contributed by atoms with E-state index in [1.807, 2.05) is 24.3 Å². The molecule has 0 aliphatic heterocycles. The quantitative estimate of drug-likeness (QED) is 0.412. The van der Waals surface area contributed by atoms with Gasteiger partial charge in [0.1, 0.15) is 17.4 Å². The Kier molecular flexibility index (Phi) is 6.51. The molecule has 0 saturated carbocycles. The predicted octanol–water partition coefficient (Wildman–Crippen LogP) is 5.49. The SMILES string of the molecule is CC(CCOc1ccc(C(=O)Nc2ccc3oc(C#N)cc(=O)c3c2)cc1)c1ccccc1. The van der Waals surface area contributed by atoms with Gasteiger partial charge in [0.2, 0.25) is 5.76 Å². The Morgan fingerprint density at radius 2 is 1.82 bits per heavy atom. The van der Waals surface area contributed by atoms with Crippen LogP contribution in [0.1, 0.15) is 40.9 Å². The maximum absolute atomic E-state index is 12.6. The first-order chi connectivity index (χ1) is 16.0. The first kappa shape index (κ1) is 21.8. The number of carbonyl (C=O) groups excluding carboxylic acids is 1. The summed E-state index contributed by atoms with van der Waals surface area (Å²) in [6.07, 6.45) is 0.887.